The van der Waals surface area contributed by atoms with Crippen molar-refractivity contribution in [2.75, 3.05) is 0 Å². The summed E-state index contributed by atoms with van der Waals surface area (Å²) in [5, 5.41) is 3.10. The fourth-order valence-electron chi connectivity index (χ4n) is 2.34. The van der Waals surface area contributed by atoms with Crippen LogP contribution in [0.25, 0.3) is 10.9 Å². The minimum atomic E-state index is 0.819. The van der Waals surface area contributed by atoms with E-state index >= 15 is 0 Å². The Kier molecular flexibility index (Phi) is 4.18. The second kappa shape index (κ2) is 6.08. The number of hydrogen-bond acceptors (Lipinski definition) is 2. The van der Waals surface area contributed by atoms with Crippen molar-refractivity contribution in [2.45, 2.75) is 24.6 Å². The predicted molar refractivity (Wildman–Crippen MR) is 92.2 cm³/mol. The second-order valence-electron chi connectivity index (χ2n) is 5.14. The van der Waals surface area contributed by atoms with Crippen LogP contribution in [0.4, 0.5) is 0 Å². The third kappa shape index (κ3) is 3.07. The van der Waals surface area contributed by atoms with Gasteiger partial charge in [0.15, 0.2) is 0 Å². The molecule has 0 aliphatic rings. The molecule has 3 rings (SSSR count). The van der Waals surface area contributed by atoms with Crippen LogP contribution in [0, 0.1) is 13.8 Å². The molecule has 1 heterocycles. The van der Waals surface area contributed by atoms with Gasteiger partial charge in [-0.15, -0.1) is 11.8 Å². The molecule has 0 amide bonds. The molecule has 0 unspecified atom stereocenters. The SMILES string of the molecule is Cc1cc2cccc(C)c2nc1SCc1ccccc1Cl. The van der Waals surface area contributed by atoms with E-state index in [2.05, 4.69) is 44.2 Å². The Morgan fingerprint density at radius 2 is 1.81 bits per heavy atom. The molecule has 1 aromatic heterocycles. The maximum atomic E-state index is 6.22. The zero-order valence-electron chi connectivity index (χ0n) is 12.1. The van der Waals surface area contributed by atoms with Crippen LogP contribution in [0.3, 0.4) is 0 Å². The zero-order valence-corrected chi connectivity index (χ0v) is 13.6. The monoisotopic (exact) mass is 313 g/mol. The van der Waals surface area contributed by atoms with E-state index in [0.29, 0.717) is 0 Å². The summed E-state index contributed by atoms with van der Waals surface area (Å²) in [5.41, 5.74) is 4.66. The first-order valence-corrected chi connectivity index (χ1v) is 8.24. The lowest BCUT2D eigenvalue weighted by Crippen LogP contribution is -1.91. The lowest BCUT2D eigenvalue weighted by atomic mass is 10.1. The van der Waals surface area contributed by atoms with E-state index in [4.69, 9.17) is 16.6 Å². The first kappa shape index (κ1) is 14.4. The number of halogens is 1. The average molecular weight is 314 g/mol. The molecular formula is C18H16ClNS. The number of para-hydroxylation sites is 1. The van der Waals surface area contributed by atoms with Crippen LogP contribution in [-0.2, 0) is 5.75 Å². The molecule has 21 heavy (non-hydrogen) atoms. The summed E-state index contributed by atoms with van der Waals surface area (Å²) in [5.74, 6) is 0.838. The van der Waals surface area contributed by atoms with Gasteiger partial charge < -0.3 is 0 Å². The molecule has 0 atom stereocenters. The van der Waals surface area contributed by atoms with E-state index in [-0.39, 0.29) is 0 Å². The number of hydrogen-bond donors (Lipinski definition) is 0. The largest absolute Gasteiger partial charge is 0.241 e. The number of nitrogens with zero attached hydrogens (tertiary/aromatic N) is 1. The molecule has 0 aliphatic heterocycles. The quantitative estimate of drug-likeness (QED) is 0.567. The van der Waals surface area contributed by atoms with E-state index in [1.54, 1.807) is 11.8 Å². The van der Waals surface area contributed by atoms with Gasteiger partial charge in [-0.2, -0.15) is 0 Å². The minimum absolute atomic E-state index is 0.819. The van der Waals surface area contributed by atoms with Gasteiger partial charge >= 0.3 is 0 Å². The molecule has 106 valence electrons. The van der Waals surface area contributed by atoms with Crippen molar-refractivity contribution in [1.82, 2.24) is 4.98 Å². The molecule has 0 spiro atoms. The maximum Gasteiger partial charge on any atom is 0.1000 e. The minimum Gasteiger partial charge on any atom is -0.241 e. The first-order chi connectivity index (χ1) is 10.1. The van der Waals surface area contributed by atoms with E-state index in [9.17, 15) is 0 Å². The molecule has 0 radical (unpaired) electrons. The van der Waals surface area contributed by atoms with Crippen molar-refractivity contribution in [1.29, 1.82) is 0 Å². The highest BCUT2D eigenvalue weighted by Gasteiger charge is 2.07. The van der Waals surface area contributed by atoms with Crippen LogP contribution < -0.4 is 0 Å². The van der Waals surface area contributed by atoms with Gasteiger partial charge in [0.1, 0.15) is 0 Å². The first-order valence-electron chi connectivity index (χ1n) is 6.88. The van der Waals surface area contributed by atoms with Gasteiger partial charge in [0.2, 0.25) is 0 Å². The lowest BCUT2D eigenvalue weighted by molar-refractivity contribution is 1.11. The van der Waals surface area contributed by atoms with Gasteiger partial charge in [0.25, 0.3) is 0 Å². The number of benzene rings is 2. The highest BCUT2D eigenvalue weighted by atomic mass is 35.5. The van der Waals surface area contributed by atoms with Crippen LogP contribution >= 0.6 is 23.4 Å². The molecule has 3 aromatic rings. The maximum absolute atomic E-state index is 6.22. The topological polar surface area (TPSA) is 12.9 Å². The zero-order chi connectivity index (χ0) is 14.8. The van der Waals surface area contributed by atoms with Gasteiger partial charge in [-0.05, 0) is 42.7 Å². The van der Waals surface area contributed by atoms with Crippen molar-refractivity contribution in [2.24, 2.45) is 0 Å². The Labute approximate surface area is 134 Å². The highest BCUT2D eigenvalue weighted by molar-refractivity contribution is 7.98. The molecule has 1 nitrogen and oxygen atoms in total. The van der Waals surface area contributed by atoms with E-state index in [1.807, 2.05) is 18.2 Å². The summed E-state index contributed by atoms with van der Waals surface area (Å²) in [4.78, 5) is 4.84. The molecule has 0 saturated carbocycles. The number of fused-ring (bicyclic) bond motifs is 1. The van der Waals surface area contributed by atoms with Crippen LogP contribution in [0.2, 0.25) is 5.02 Å². The molecule has 0 saturated heterocycles. The second-order valence-corrected chi connectivity index (χ2v) is 6.51. The van der Waals surface area contributed by atoms with Gasteiger partial charge in [-0.1, -0.05) is 48.0 Å². The third-order valence-corrected chi connectivity index (χ3v) is 5.02. The highest BCUT2D eigenvalue weighted by Crippen LogP contribution is 2.30. The summed E-state index contributed by atoms with van der Waals surface area (Å²) >= 11 is 7.96. The third-order valence-electron chi connectivity index (χ3n) is 3.51. The fraction of sp³-hybridized carbons (Fsp3) is 0.167. The van der Waals surface area contributed by atoms with Crippen molar-refractivity contribution in [3.63, 3.8) is 0 Å². The van der Waals surface area contributed by atoms with E-state index in [0.717, 1.165) is 26.9 Å². The summed E-state index contributed by atoms with van der Waals surface area (Å²) < 4.78 is 0. The average Bonchev–Trinajstić information content (AvgIpc) is 2.47. The predicted octanol–water partition coefficient (Wildman–Crippen LogP) is 5.80. The Hall–Kier alpha value is -1.51. The van der Waals surface area contributed by atoms with Crippen LogP contribution in [0.15, 0.2) is 53.6 Å². The summed E-state index contributed by atoms with van der Waals surface area (Å²) in [7, 11) is 0. The number of rotatable bonds is 3. The van der Waals surface area contributed by atoms with Crippen molar-refractivity contribution in [3.8, 4) is 0 Å². The molecule has 0 N–H and O–H groups in total. The van der Waals surface area contributed by atoms with Gasteiger partial charge in [-0.3, -0.25) is 0 Å². The number of aromatic nitrogens is 1. The smallest absolute Gasteiger partial charge is 0.1000 e. The normalized spacial score (nSPS) is 11.0. The summed E-state index contributed by atoms with van der Waals surface area (Å²) in [6.45, 7) is 4.22. The van der Waals surface area contributed by atoms with Gasteiger partial charge in [-0.25, -0.2) is 4.98 Å². The standard InChI is InChI=1S/C18H16ClNS/c1-12-6-5-8-14-10-13(2)18(20-17(12)14)21-11-15-7-3-4-9-16(15)19/h3-10H,11H2,1-2H3. The Bertz CT molecular complexity index is 798. The Balaban J connectivity index is 1.92. The molecular weight excluding hydrogens is 298 g/mol. The van der Waals surface area contributed by atoms with Crippen LogP contribution in [0.1, 0.15) is 16.7 Å². The molecule has 0 fully saturated rings. The molecule has 2 aromatic carbocycles. The number of thioether (sulfide) groups is 1. The lowest BCUT2D eigenvalue weighted by Gasteiger charge is -2.09. The Morgan fingerprint density at radius 3 is 2.62 bits per heavy atom. The molecule has 0 bridgehead atoms. The summed E-state index contributed by atoms with van der Waals surface area (Å²) in [6, 6.07) is 16.5. The number of pyridine rings is 1. The van der Waals surface area contributed by atoms with Crippen molar-refractivity contribution < 1.29 is 0 Å². The fourth-order valence-corrected chi connectivity index (χ4v) is 3.61. The molecule has 3 heteroatoms. The number of aryl methyl sites for hydroxylation is 2. The van der Waals surface area contributed by atoms with Crippen molar-refractivity contribution in [3.05, 3.63) is 70.2 Å². The van der Waals surface area contributed by atoms with E-state index in [1.165, 1.54) is 16.5 Å². The van der Waals surface area contributed by atoms with Gasteiger partial charge in [0, 0.05) is 16.2 Å². The van der Waals surface area contributed by atoms with E-state index < -0.39 is 0 Å². The Morgan fingerprint density at radius 1 is 1.00 bits per heavy atom. The summed E-state index contributed by atoms with van der Waals surface area (Å²) in [6.07, 6.45) is 0. The molecule has 0 aliphatic carbocycles. The van der Waals surface area contributed by atoms with Crippen molar-refractivity contribution >= 4 is 34.3 Å². The van der Waals surface area contributed by atoms with Crippen LogP contribution in [-0.4, -0.2) is 4.98 Å². The van der Waals surface area contributed by atoms with Crippen LogP contribution in [0.5, 0.6) is 0 Å². The van der Waals surface area contributed by atoms with Gasteiger partial charge in [0.05, 0.1) is 10.5 Å².